The quantitative estimate of drug-likeness (QED) is 0.714. The van der Waals surface area contributed by atoms with Crippen molar-refractivity contribution >= 4 is 17.8 Å². The van der Waals surface area contributed by atoms with Crippen LogP contribution in [0.5, 0.6) is 5.75 Å². The number of esters is 1. The highest BCUT2D eigenvalue weighted by molar-refractivity contribution is 5.96. The third-order valence-electron chi connectivity index (χ3n) is 3.81. The summed E-state index contributed by atoms with van der Waals surface area (Å²) in [7, 11) is 3.17. The summed E-state index contributed by atoms with van der Waals surface area (Å²) in [6, 6.07) is 15.9. The van der Waals surface area contributed by atoms with E-state index in [1.807, 2.05) is 24.3 Å². The van der Waals surface area contributed by atoms with E-state index in [4.69, 9.17) is 9.47 Å². The lowest BCUT2D eigenvalue weighted by Gasteiger charge is -2.18. The van der Waals surface area contributed by atoms with Gasteiger partial charge in [0.2, 0.25) is 0 Å². The minimum Gasteiger partial charge on any atom is -0.496 e. The molecule has 7 nitrogen and oxygen atoms in total. The zero-order chi connectivity index (χ0) is 19.6. The molecule has 7 heteroatoms. The van der Waals surface area contributed by atoms with Crippen LogP contribution in [-0.2, 0) is 20.9 Å². The smallest absolute Gasteiger partial charge is 0.325 e. The predicted octanol–water partition coefficient (Wildman–Crippen LogP) is 1.63. The number of hydrogen-bond donors (Lipinski definition) is 1. The molecular weight excluding hydrogens is 348 g/mol. The molecule has 0 saturated heterocycles. The molecule has 0 aliphatic heterocycles. The van der Waals surface area contributed by atoms with Crippen LogP contribution in [0.3, 0.4) is 0 Å². The third kappa shape index (κ3) is 6.14. The number of amides is 2. The van der Waals surface area contributed by atoms with Crippen molar-refractivity contribution in [2.45, 2.75) is 6.54 Å². The van der Waals surface area contributed by atoms with E-state index >= 15 is 0 Å². The van der Waals surface area contributed by atoms with E-state index in [-0.39, 0.29) is 18.4 Å². The Hall–Kier alpha value is -3.35. The zero-order valence-electron chi connectivity index (χ0n) is 15.3. The summed E-state index contributed by atoms with van der Waals surface area (Å²) >= 11 is 0. The average molecular weight is 370 g/mol. The number of carbonyl (C=O) groups excluding carboxylic acids is 3. The molecule has 27 heavy (non-hydrogen) atoms. The fraction of sp³-hybridized carbons (Fsp3) is 0.250. The second-order valence-corrected chi connectivity index (χ2v) is 5.77. The van der Waals surface area contributed by atoms with E-state index in [0.29, 0.717) is 17.9 Å². The van der Waals surface area contributed by atoms with Crippen LogP contribution in [0.15, 0.2) is 54.6 Å². The summed E-state index contributed by atoms with van der Waals surface area (Å²) in [5, 5.41) is 2.45. The van der Waals surface area contributed by atoms with Gasteiger partial charge in [0.25, 0.3) is 11.8 Å². The Labute approximate surface area is 157 Å². The van der Waals surface area contributed by atoms with Crippen LogP contribution < -0.4 is 10.1 Å². The Morgan fingerprint density at radius 3 is 2.37 bits per heavy atom. The molecule has 2 aromatic carbocycles. The van der Waals surface area contributed by atoms with Crippen molar-refractivity contribution in [1.29, 1.82) is 0 Å². The van der Waals surface area contributed by atoms with E-state index in [1.54, 1.807) is 44.5 Å². The molecule has 0 unspecified atom stereocenters. The third-order valence-corrected chi connectivity index (χ3v) is 3.81. The minimum atomic E-state index is -0.682. The molecule has 2 aromatic rings. The summed E-state index contributed by atoms with van der Waals surface area (Å²) in [5.41, 5.74) is 1.29. The average Bonchev–Trinajstić information content (AvgIpc) is 2.71. The number of methoxy groups -OCH3 is 1. The monoisotopic (exact) mass is 370 g/mol. The number of carbonyl (C=O) groups is 3. The number of para-hydroxylation sites is 1. The van der Waals surface area contributed by atoms with E-state index in [2.05, 4.69) is 5.32 Å². The first-order valence-corrected chi connectivity index (χ1v) is 8.36. The van der Waals surface area contributed by atoms with Crippen molar-refractivity contribution in [3.63, 3.8) is 0 Å². The van der Waals surface area contributed by atoms with Crippen molar-refractivity contribution in [3.05, 3.63) is 65.7 Å². The van der Waals surface area contributed by atoms with Gasteiger partial charge in [-0.05, 0) is 18.2 Å². The van der Waals surface area contributed by atoms with Crippen LogP contribution in [-0.4, -0.2) is 50.0 Å². The van der Waals surface area contributed by atoms with Crippen LogP contribution in [0.1, 0.15) is 15.9 Å². The molecule has 0 aliphatic rings. The topological polar surface area (TPSA) is 84.9 Å². The lowest BCUT2D eigenvalue weighted by atomic mass is 10.2. The molecular formula is C20H22N2O5. The number of benzene rings is 2. The van der Waals surface area contributed by atoms with Gasteiger partial charge in [-0.15, -0.1) is 0 Å². The molecule has 0 aromatic heterocycles. The number of nitrogens with zero attached hydrogens (tertiary/aromatic N) is 1. The Morgan fingerprint density at radius 1 is 1.00 bits per heavy atom. The lowest BCUT2D eigenvalue weighted by molar-refractivity contribution is -0.150. The minimum absolute atomic E-state index is 0.308. The highest BCUT2D eigenvalue weighted by Crippen LogP contribution is 2.18. The fourth-order valence-electron chi connectivity index (χ4n) is 2.32. The van der Waals surface area contributed by atoms with Gasteiger partial charge >= 0.3 is 5.97 Å². The first kappa shape index (κ1) is 20.0. The summed E-state index contributed by atoms with van der Waals surface area (Å²) in [4.78, 5) is 37.2. The number of ether oxygens (including phenoxy) is 2. The predicted molar refractivity (Wildman–Crippen MR) is 99.2 cm³/mol. The number of hydrogen-bond acceptors (Lipinski definition) is 5. The highest BCUT2D eigenvalue weighted by Gasteiger charge is 2.15. The molecule has 2 amide bonds. The van der Waals surface area contributed by atoms with Gasteiger partial charge in [-0.25, -0.2) is 0 Å². The molecule has 142 valence electrons. The lowest BCUT2D eigenvalue weighted by Crippen LogP contribution is -2.34. The van der Waals surface area contributed by atoms with Crippen molar-refractivity contribution in [1.82, 2.24) is 10.2 Å². The molecule has 0 heterocycles. The highest BCUT2D eigenvalue weighted by atomic mass is 16.5. The van der Waals surface area contributed by atoms with Crippen molar-refractivity contribution in [2.24, 2.45) is 0 Å². The molecule has 1 N–H and O–H groups in total. The summed E-state index contributed by atoms with van der Waals surface area (Å²) < 4.78 is 10.2. The molecule has 0 spiro atoms. The van der Waals surface area contributed by atoms with Gasteiger partial charge in [0.1, 0.15) is 12.3 Å². The maximum Gasteiger partial charge on any atom is 0.325 e. The number of likely N-dealkylation sites (N-methyl/N-ethyl adjacent to an activating group) is 1. The Balaban J connectivity index is 1.75. The second-order valence-electron chi connectivity index (χ2n) is 5.77. The first-order chi connectivity index (χ1) is 13.0. The maximum absolute atomic E-state index is 12.1. The molecule has 0 saturated carbocycles. The summed E-state index contributed by atoms with van der Waals surface area (Å²) in [6.45, 7) is -0.381. The van der Waals surface area contributed by atoms with E-state index in [1.165, 1.54) is 4.90 Å². The number of nitrogens with one attached hydrogen (secondary N) is 1. The van der Waals surface area contributed by atoms with E-state index in [0.717, 1.165) is 5.56 Å². The largest absolute Gasteiger partial charge is 0.496 e. The Kier molecular flexibility index (Phi) is 7.37. The van der Waals surface area contributed by atoms with Crippen LogP contribution >= 0.6 is 0 Å². The van der Waals surface area contributed by atoms with E-state index in [9.17, 15) is 14.4 Å². The molecule has 2 rings (SSSR count). The van der Waals surface area contributed by atoms with Crippen molar-refractivity contribution < 1.29 is 23.9 Å². The SMILES string of the molecule is COc1ccccc1CN(C)C(=O)COC(=O)CNC(=O)c1ccccc1. The summed E-state index contributed by atoms with van der Waals surface area (Å²) in [5.74, 6) is -0.744. The zero-order valence-corrected chi connectivity index (χ0v) is 15.3. The van der Waals surface area contributed by atoms with E-state index < -0.39 is 12.6 Å². The standard InChI is InChI=1S/C20H22N2O5/c1-22(13-16-10-6-7-11-17(16)26-2)18(23)14-27-19(24)12-21-20(25)15-8-4-3-5-9-15/h3-11H,12-14H2,1-2H3,(H,21,25). The number of rotatable bonds is 8. The summed E-state index contributed by atoms with van der Waals surface area (Å²) in [6.07, 6.45) is 0. The van der Waals surface area contributed by atoms with Gasteiger partial charge in [0.15, 0.2) is 6.61 Å². The van der Waals surface area contributed by atoms with Crippen LogP contribution in [0.2, 0.25) is 0 Å². The van der Waals surface area contributed by atoms with Gasteiger partial charge in [-0.1, -0.05) is 36.4 Å². The van der Waals surface area contributed by atoms with Crippen LogP contribution in [0.25, 0.3) is 0 Å². The molecule has 0 atom stereocenters. The Morgan fingerprint density at radius 2 is 1.67 bits per heavy atom. The van der Waals surface area contributed by atoms with Crippen LogP contribution in [0, 0.1) is 0 Å². The van der Waals surface area contributed by atoms with Crippen molar-refractivity contribution in [3.8, 4) is 5.75 Å². The van der Waals surface area contributed by atoms with Gasteiger partial charge in [-0.3, -0.25) is 14.4 Å². The second kappa shape index (κ2) is 9.96. The molecule has 0 radical (unpaired) electrons. The molecule has 0 bridgehead atoms. The normalized spacial score (nSPS) is 10.0. The Bertz CT molecular complexity index is 792. The van der Waals surface area contributed by atoms with Gasteiger partial charge in [0, 0.05) is 24.7 Å². The fourth-order valence-corrected chi connectivity index (χ4v) is 2.32. The van der Waals surface area contributed by atoms with Crippen LogP contribution in [0.4, 0.5) is 0 Å². The van der Waals surface area contributed by atoms with Gasteiger partial charge in [-0.2, -0.15) is 0 Å². The first-order valence-electron chi connectivity index (χ1n) is 8.36. The van der Waals surface area contributed by atoms with Gasteiger partial charge < -0.3 is 19.7 Å². The molecule has 0 aliphatic carbocycles. The maximum atomic E-state index is 12.1. The van der Waals surface area contributed by atoms with Crippen molar-refractivity contribution in [2.75, 3.05) is 27.3 Å². The van der Waals surface area contributed by atoms with Gasteiger partial charge in [0.05, 0.1) is 7.11 Å². The molecule has 0 fully saturated rings.